The molecule has 3 aliphatic carbocycles. The molecule has 3 rings (SSSR count). The molecule has 0 aliphatic heterocycles. The highest BCUT2D eigenvalue weighted by molar-refractivity contribution is 5.01. The fourth-order valence-corrected chi connectivity index (χ4v) is 2.99. The zero-order valence-corrected chi connectivity index (χ0v) is 7.35. The van der Waals surface area contributed by atoms with Crippen LogP contribution in [0.25, 0.3) is 0 Å². The molecule has 0 spiro atoms. The smallest absolute Gasteiger partial charge is 0.0297 e. The van der Waals surface area contributed by atoms with Gasteiger partial charge in [0.25, 0.3) is 0 Å². The molecule has 2 bridgehead atoms. The fourth-order valence-electron chi connectivity index (χ4n) is 2.99. The number of hydrogen-bond acceptors (Lipinski definition) is 0. The SMILES string of the molecule is CC1CC2C[C@@H](C1)C2(C)C. The highest BCUT2D eigenvalue weighted by Crippen LogP contribution is 2.60. The molecule has 0 heterocycles. The van der Waals surface area contributed by atoms with Crippen molar-refractivity contribution in [2.75, 3.05) is 0 Å². The van der Waals surface area contributed by atoms with Crippen LogP contribution in [0.4, 0.5) is 0 Å². The van der Waals surface area contributed by atoms with Crippen molar-refractivity contribution in [1.29, 1.82) is 0 Å². The van der Waals surface area contributed by atoms with Crippen LogP contribution in [0.2, 0.25) is 0 Å². The average molecular weight is 138 g/mol. The van der Waals surface area contributed by atoms with Gasteiger partial charge < -0.3 is 0 Å². The van der Waals surface area contributed by atoms with E-state index in [9.17, 15) is 0 Å². The van der Waals surface area contributed by atoms with Crippen LogP contribution in [-0.4, -0.2) is 0 Å². The average Bonchev–Trinajstić information content (AvgIpc) is 1.87. The second kappa shape index (κ2) is 1.78. The second-order valence-corrected chi connectivity index (χ2v) is 5.03. The van der Waals surface area contributed by atoms with Crippen LogP contribution in [0.15, 0.2) is 0 Å². The molecule has 3 fully saturated rings. The van der Waals surface area contributed by atoms with E-state index in [2.05, 4.69) is 20.8 Å². The molecule has 10 heavy (non-hydrogen) atoms. The van der Waals surface area contributed by atoms with Crippen molar-refractivity contribution in [2.24, 2.45) is 23.2 Å². The molecule has 0 saturated heterocycles. The molecular formula is C10H18. The first-order chi connectivity index (χ1) is 4.60. The first-order valence-corrected chi connectivity index (χ1v) is 4.60. The molecule has 58 valence electrons. The number of fused-ring (bicyclic) bond motifs is 2. The highest BCUT2D eigenvalue weighted by atomic mass is 14.6. The first kappa shape index (κ1) is 6.69. The Balaban J connectivity index is 2.10. The zero-order chi connectivity index (χ0) is 7.35. The summed E-state index contributed by atoms with van der Waals surface area (Å²) in [5, 5.41) is 0. The van der Waals surface area contributed by atoms with E-state index in [0.29, 0.717) is 5.41 Å². The molecule has 0 heteroatoms. The van der Waals surface area contributed by atoms with Crippen molar-refractivity contribution in [3.63, 3.8) is 0 Å². The Morgan fingerprint density at radius 3 is 1.80 bits per heavy atom. The summed E-state index contributed by atoms with van der Waals surface area (Å²) in [6, 6.07) is 0. The molecule has 3 atom stereocenters. The van der Waals surface area contributed by atoms with Gasteiger partial charge in [-0.15, -0.1) is 0 Å². The van der Waals surface area contributed by atoms with Gasteiger partial charge in [-0.2, -0.15) is 0 Å². The summed E-state index contributed by atoms with van der Waals surface area (Å²) in [6.45, 7) is 7.32. The minimum Gasteiger partial charge on any atom is -0.0625 e. The lowest BCUT2D eigenvalue weighted by atomic mass is 9.47. The summed E-state index contributed by atoms with van der Waals surface area (Å²) in [4.78, 5) is 0. The number of hydrogen-bond donors (Lipinski definition) is 0. The Morgan fingerprint density at radius 1 is 1.00 bits per heavy atom. The van der Waals surface area contributed by atoms with E-state index in [0.717, 1.165) is 17.8 Å². The van der Waals surface area contributed by atoms with Gasteiger partial charge in [-0.25, -0.2) is 0 Å². The van der Waals surface area contributed by atoms with Gasteiger partial charge in [0, 0.05) is 0 Å². The van der Waals surface area contributed by atoms with Crippen LogP contribution < -0.4 is 0 Å². The Hall–Kier alpha value is 0. The van der Waals surface area contributed by atoms with Crippen molar-refractivity contribution in [1.82, 2.24) is 0 Å². The normalized spacial score (nSPS) is 50.1. The van der Waals surface area contributed by atoms with Crippen LogP contribution in [0.5, 0.6) is 0 Å². The lowest BCUT2D eigenvalue weighted by Crippen LogP contribution is -2.50. The molecule has 3 saturated carbocycles. The van der Waals surface area contributed by atoms with E-state index < -0.39 is 0 Å². The third-order valence-electron chi connectivity index (χ3n) is 4.05. The zero-order valence-electron chi connectivity index (χ0n) is 7.35. The Kier molecular flexibility index (Phi) is 1.19. The van der Waals surface area contributed by atoms with Crippen LogP contribution in [0.1, 0.15) is 40.0 Å². The standard InChI is InChI=1S/C10H18/c1-7-4-8-6-9(5-7)10(8,2)3/h7-9H,4-6H2,1-3H3/t7?,8-,9?/m1/s1. The van der Waals surface area contributed by atoms with Crippen LogP contribution in [-0.2, 0) is 0 Å². The van der Waals surface area contributed by atoms with Gasteiger partial charge in [-0.1, -0.05) is 20.8 Å². The predicted octanol–water partition coefficient (Wildman–Crippen LogP) is 3.08. The lowest BCUT2D eigenvalue weighted by Gasteiger charge is -2.58. The van der Waals surface area contributed by atoms with Crippen molar-refractivity contribution in [3.05, 3.63) is 0 Å². The summed E-state index contributed by atoms with van der Waals surface area (Å²) < 4.78 is 0. The summed E-state index contributed by atoms with van der Waals surface area (Å²) in [6.07, 6.45) is 4.55. The maximum absolute atomic E-state index is 2.46. The van der Waals surface area contributed by atoms with Gasteiger partial charge in [0.15, 0.2) is 0 Å². The molecule has 0 radical (unpaired) electrons. The molecule has 3 aliphatic rings. The van der Waals surface area contributed by atoms with Crippen LogP contribution in [0.3, 0.4) is 0 Å². The molecule has 2 unspecified atom stereocenters. The molecule has 0 aromatic rings. The summed E-state index contributed by atoms with van der Waals surface area (Å²) >= 11 is 0. The minimum atomic E-state index is 0.715. The molecule has 0 aromatic carbocycles. The van der Waals surface area contributed by atoms with Gasteiger partial charge in [0.2, 0.25) is 0 Å². The monoisotopic (exact) mass is 138 g/mol. The molecule has 0 aromatic heterocycles. The largest absolute Gasteiger partial charge is 0.0625 e. The minimum absolute atomic E-state index is 0.715. The quantitative estimate of drug-likeness (QED) is 0.482. The maximum Gasteiger partial charge on any atom is -0.0297 e. The summed E-state index contributed by atoms with van der Waals surface area (Å²) in [5.41, 5.74) is 0.715. The first-order valence-electron chi connectivity index (χ1n) is 4.60. The van der Waals surface area contributed by atoms with Crippen LogP contribution in [0, 0.1) is 23.2 Å². The van der Waals surface area contributed by atoms with Crippen molar-refractivity contribution >= 4 is 0 Å². The fraction of sp³-hybridized carbons (Fsp3) is 1.00. The van der Waals surface area contributed by atoms with Gasteiger partial charge in [0.05, 0.1) is 0 Å². The van der Waals surface area contributed by atoms with Gasteiger partial charge in [-0.05, 0) is 42.4 Å². The highest BCUT2D eigenvalue weighted by Gasteiger charge is 2.51. The van der Waals surface area contributed by atoms with E-state index in [1.807, 2.05) is 0 Å². The van der Waals surface area contributed by atoms with Gasteiger partial charge >= 0.3 is 0 Å². The van der Waals surface area contributed by atoms with Gasteiger partial charge in [-0.3, -0.25) is 0 Å². The van der Waals surface area contributed by atoms with E-state index in [-0.39, 0.29) is 0 Å². The Bertz CT molecular complexity index is 132. The van der Waals surface area contributed by atoms with Crippen molar-refractivity contribution in [3.8, 4) is 0 Å². The molecule has 0 N–H and O–H groups in total. The van der Waals surface area contributed by atoms with Gasteiger partial charge in [0.1, 0.15) is 0 Å². The predicted molar refractivity (Wildman–Crippen MR) is 43.8 cm³/mol. The van der Waals surface area contributed by atoms with E-state index >= 15 is 0 Å². The Morgan fingerprint density at radius 2 is 1.50 bits per heavy atom. The lowest BCUT2D eigenvalue weighted by molar-refractivity contribution is -0.0860. The van der Waals surface area contributed by atoms with E-state index in [1.54, 1.807) is 0 Å². The number of rotatable bonds is 0. The molecule has 0 nitrogen and oxygen atoms in total. The van der Waals surface area contributed by atoms with Crippen molar-refractivity contribution < 1.29 is 0 Å². The van der Waals surface area contributed by atoms with Crippen molar-refractivity contribution in [2.45, 2.75) is 40.0 Å². The third-order valence-corrected chi connectivity index (χ3v) is 4.05. The summed E-state index contributed by atoms with van der Waals surface area (Å²) in [7, 11) is 0. The molecule has 0 amide bonds. The molecular weight excluding hydrogens is 120 g/mol. The Labute approximate surface area is 64.0 Å². The van der Waals surface area contributed by atoms with E-state index in [4.69, 9.17) is 0 Å². The summed E-state index contributed by atoms with van der Waals surface area (Å²) in [5.74, 6) is 3.17. The van der Waals surface area contributed by atoms with E-state index in [1.165, 1.54) is 19.3 Å². The topological polar surface area (TPSA) is 0 Å². The third kappa shape index (κ3) is 0.681. The van der Waals surface area contributed by atoms with Crippen LogP contribution >= 0.6 is 0 Å². The second-order valence-electron chi connectivity index (χ2n) is 5.03. The maximum atomic E-state index is 2.46.